The van der Waals surface area contributed by atoms with Crippen LogP contribution in [0.5, 0.6) is 0 Å². The van der Waals surface area contributed by atoms with Crippen molar-refractivity contribution < 1.29 is 19.1 Å². The number of rotatable bonds is 2. The first-order valence-corrected chi connectivity index (χ1v) is 11.0. The molecule has 154 valence electrons. The fraction of sp³-hybridized carbons (Fsp3) is 0.727. The molecule has 0 aromatic heterocycles. The zero-order chi connectivity index (χ0) is 20.7. The van der Waals surface area contributed by atoms with Crippen LogP contribution in [0.1, 0.15) is 46.5 Å². The van der Waals surface area contributed by atoms with E-state index in [1.807, 2.05) is 20.8 Å². The van der Waals surface area contributed by atoms with Gasteiger partial charge in [0.15, 0.2) is 11.6 Å². The van der Waals surface area contributed by atoms with Crippen LogP contribution in [0.2, 0.25) is 0 Å². The third kappa shape index (κ3) is 2.15. The van der Waals surface area contributed by atoms with E-state index in [0.29, 0.717) is 19.3 Å². The Balaban J connectivity index is 1.84. The quantitative estimate of drug-likeness (QED) is 0.663. The van der Waals surface area contributed by atoms with Crippen LogP contribution in [-0.4, -0.2) is 39.2 Å². The van der Waals surface area contributed by atoms with Gasteiger partial charge in [-0.2, -0.15) is 0 Å². The van der Waals surface area contributed by atoms with Gasteiger partial charge in [0.2, 0.25) is 0 Å². The average molecular weight is 429 g/mol. The summed E-state index contributed by atoms with van der Waals surface area (Å²) in [4.78, 5) is 23.4. The van der Waals surface area contributed by atoms with Crippen molar-refractivity contribution in [1.29, 1.82) is 0 Å². The average Bonchev–Trinajstić information content (AvgIpc) is 2.84. The van der Waals surface area contributed by atoms with Gasteiger partial charge in [0, 0.05) is 10.8 Å². The summed E-state index contributed by atoms with van der Waals surface area (Å²) in [5.74, 6) is -1.40. The molecule has 0 spiro atoms. The van der Waals surface area contributed by atoms with E-state index in [0.717, 1.165) is 5.57 Å². The second-order valence-corrected chi connectivity index (χ2v) is 10.6. The first-order valence-electron chi connectivity index (χ1n) is 10.1. The Bertz CT molecular complexity index is 810. The van der Waals surface area contributed by atoms with Crippen molar-refractivity contribution in [2.75, 3.05) is 5.88 Å². The number of hydrogen-bond donors (Lipinski definition) is 1. The van der Waals surface area contributed by atoms with E-state index in [-0.39, 0.29) is 35.8 Å². The van der Waals surface area contributed by atoms with E-state index in [9.17, 15) is 14.7 Å². The topological polar surface area (TPSA) is 54.4 Å². The molecule has 4 aliphatic carbocycles. The van der Waals surface area contributed by atoms with E-state index in [4.69, 9.17) is 23.2 Å². The summed E-state index contributed by atoms with van der Waals surface area (Å²) in [7, 11) is 0. The zero-order valence-corrected chi connectivity index (χ0v) is 18.0. The maximum absolute atomic E-state index is 16.0. The van der Waals surface area contributed by atoms with Crippen molar-refractivity contribution in [3.63, 3.8) is 0 Å². The Morgan fingerprint density at radius 2 is 2.04 bits per heavy atom. The van der Waals surface area contributed by atoms with Crippen LogP contribution >= 0.6 is 23.2 Å². The maximum Gasteiger partial charge on any atom is 0.179 e. The highest BCUT2D eigenvalue weighted by Crippen LogP contribution is 2.71. The Kier molecular flexibility index (Phi) is 4.52. The van der Waals surface area contributed by atoms with E-state index >= 15 is 4.39 Å². The van der Waals surface area contributed by atoms with Gasteiger partial charge in [-0.15, -0.1) is 23.2 Å². The molecule has 1 N–H and O–H groups in total. The first kappa shape index (κ1) is 20.6. The fourth-order valence-electron chi connectivity index (χ4n) is 7.18. The standard InChI is InChI=1S/C22H27Cl2FO3/c1-12-8-16-15-5-4-13-9-14(26)6-7-19(13,2)21(15,24)17(25)10-20(16,3)22(12,28)18(27)11-23/h6-7,9,12,15-17,28H,4-5,8,10-11H2,1-3H3/t12-,15-,16-,17-,19-,20-,21-,22-/m0/s1. The lowest BCUT2D eigenvalue weighted by Crippen LogP contribution is -2.68. The van der Waals surface area contributed by atoms with Crippen LogP contribution in [0.15, 0.2) is 23.8 Å². The van der Waals surface area contributed by atoms with Crippen LogP contribution in [-0.2, 0) is 9.59 Å². The molecule has 6 heteroatoms. The molecule has 0 radical (unpaired) electrons. The normalized spacial score (nSPS) is 52.5. The summed E-state index contributed by atoms with van der Waals surface area (Å²) in [5, 5.41) is 11.5. The predicted molar refractivity (Wildman–Crippen MR) is 107 cm³/mol. The molecule has 28 heavy (non-hydrogen) atoms. The largest absolute Gasteiger partial charge is 0.381 e. The van der Waals surface area contributed by atoms with Gasteiger partial charge in [-0.1, -0.05) is 32.4 Å². The second kappa shape index (κ2) is 6.15. The Morgan fingerprint density at radius 3 is 2.68 bits per heavy atom. The molecule has 4 aliphatic rings. The number of allylic oxidation sites excluding steroid dienone is 4. The van der Waals surface area contributed by atoms with Crippen LogP contribution in [0.3, 0.4) is 0 Å². The molecular weight excluding hydrogens is 402 g/mol. The second-order valence-electron chi connectivity index (χ2n) is 9.68. The van der Waals surface area contributed by atoms with Crippen LogP contribution < -0.4 is 0 Å². The van der Waals surface area contributed by atoms with Crippen molar-refractivity contribution in [3.8, 4) is 0 Å². The fourth-order valence-corrected chi connectivity index (χ4v) is 7.90. The minimum atomic E-state index is -1.64. The highest BCUT2D eigenvalue weighted by molar-refractivity contribution is 6.29. The Labute approximate surface area is 175 Å². The molecule has 3 saturated carbocycles. The molecule has 0 unspecified atom stereocenters. The number of Topliss-reactive ketones (excluding diaryl/α,β-unsaturated/α-hetero) is 1. The summed E-state index contributed by atoms with van der Waals surface area (Å²) in [6.07, 6.45) is 5.36. The molecule has 4 rings (SSSR count). The summed E-state index contributed by atoms with van der Waals surface area (Å²) in [6, 6.07) is 0. The summed E-state index contributed by atoms with van der Waals surface area (Å²) >= 11 is 13.0. The number of carbonyl (C=O) groups excluding carboxylic acids is 2. The molecule has 3 fully saturated rings. The van der Waals surface area contributed by atoms with Crippen LogP contribution in [0.25, 0.3) is 0 Å². The third-order valence-electron chi connectivity index (χ3n) is 8.73. The number of carbonyl (C=O) groups is 2. The van der Waals surface area contributed by atoms with Crippen LogP contribution in [0.4, 0.5) is 4.39 Å². The van der Waals surface area contributed by atoms with Crippen molar-refractivity contribution >= 4 is 34.8 Å². The lowest BCUT2D eigenvalue weighted by atomic mass is 9.46. The molecule has 0 aromatic carbocycles. The SMILES string of the molecule is C[C@H]1C[C@H]2[C@@H]3CCC4=CC(=O)C=C[C@]4(C)[C@@]3(Cl)[C@@H](F)C[C@]2(C)[C@@]1(O)C(=O)CCl. The summed E-state index contributed by atoms with van der Waals surface area (Å²) < 4.78 is 16.0. The van der Waals surface area contributed by atoms with Gasteiger partial charge in [0.25, 0.3) is 0 Å². The molecule has 0 amide bonds. The molecule has 0 heterocycles. The molecule has 8 atom stereocenters. The number of fused-ring (bicyclic) bond motifs is 5. The van der Waals surface area contributed by atoms with Gasteiger partial charge >= 0.3 is 0 Å². The van der Waals surface area contributed by atoms with Crippen LogP contribution in [0, 0.1) is 28.6 Å². The molecule has 0 saturated heterocycles. The molecular formula is C22H27Cl2FO3. The van der Waals surface area contributed by atoms with E-state index in [1.165, 1.54) is 6.08 Å². The number of alkyl halides is 3. The van der Waals surface area contributed by atoms with Gasteiger partial charge in [-0.05, 0) is 55.6 Å². The van der Waals surface area contributed by atoms with Gasteiger partial charge in [-0.3, -0.25) is 9.59 Å². The highest BCUT2D eigenvalue weighted by atomic mass is 35.5. The predicted octanol–water partition coefficient (Wildman–Crippen LogP) is 4.39. The Hall–Kier alpha value is -0.710. The van der Waals surface area contributed by atoms with Gasteiger partial charge < -0.3 is 5.11 Å². The molecule has 0 aliphatic heterocycles. The minimum Gasteiger partial charge on any atom is -0.381 e. The van der Waals surface area contributed by atoms with Gasteiger partial charge in [0.1, 0.15) is 11.8 Å². The lowest BCUT2D eigenvalue weighted by Gasteiger charge is -2.63. The van der Waals surface area contributed by atoms with Crippen molar-refractivity contribution in [2.24, 2.45) is 28.6 Å². The lowest BCUT2D eigenvalue weighted by molar-refractivity contribution is -0.169. The highest BCUT2D eigenvalue weighted by Gasteiger charge is 2.74. The minimum absolute atomic E-state index is 0.00575. The molecule has 3 nitrogen and oxygen atoms in total. The number of halogens is 3. The Morgan fingerprint density at radius 1 is 1.36 bits per heavy atom. The zero-order valence-electron chi connectivity index (χ0n) is 16.5. The summed E-state index contributed by atoms with van der Waals surface area (Å²) in [6.45, 7) is 5.61. The van der Waals surface area contributed by atoms with E-state index in [2.05, 4.69) is 0 Å². The number of ketones is 2. The monoisotopic (exact) mass is 428 g/mol. The van der Waals surface area contributed by atoms with Gasteiger partial charge in [0.05, 0.1) is 10.8 Å². The third-order valence-corrected chi connectivity index (χ3v) is 9.88. The number of aliphatic hydroxyl groups is 1. The van der Waals surface area contributed by atoms with Gasteiger partial charge in [-0.25, -0.2) is 4.39 Å². The van der Waals surface area contributed by atoms with E-state index < -0.39 is 33.3 Å². The van der Waals surface area contributed by atoms with Crippen molar-refractivity contribution in [3.05, 3.63) is 23.8 Å². The molecule has 0 bridgehead atoms. The van der Waals surface area contributed by atoms with Crippen molar-refractivity contribution in [1.82, 2.24) is 0 Å². The van der Waals surface area contributed by atoms with E-state index in [1.54, 1.807) is 12.2 Å². The smallest absolute Gasteiger partial charge is 0.179 e. The molecule has 0 aromatic rings. The first-order chi connectivity index (χ1) is 13.0. The maximum atomic E-state index is 16.0. The summed E-state index contributed by atoms with van der Waals surface area (Å²) in [5.41, 5.74) is -2.42. The van der Waals surface area contributed by atoms with Crippen molar-refractivity contribution in [2.45, 2.75) is 63.1 Å². The number of hydrogen-bond acceptors (Lipinski definition) is 3.